The molecule has 20 heavy (non-hydrogen) atoms. The zero-order valence-electron chi connectivity index (χ0n) is 12.2. The van der Waals surface area contributed by atoms with Gasteiger partial charge in [0.1, 0.15) is 0 Å². The van der Waals surface area contributed by atoms with Gasteiger partial charge < -0.3 is 10.2 Å². The van der Waals surface area contributed by atoms with Crippen LogP contribution >= 0.6 is 11.6 Å². The molecule has 0 saturated carbocycles. The highest BCUT2D eigenvalue weighted by Gasteiger charge is 2.23. The van der Waals surface area contributed by atoms with E-state index < -0.39 is 0 Å². The van der Waals surface area contributed by atoms with Gasteiger partial charge in [0.2, 0.25) is 0 Å². The fourth-order valence-electron chi connectivity index (χ4n) is 2.32. The van der Waals surface area contributed by atoms with Crippen molar-refractivity contribution in [3.8, 4) is 0 Å². The summed E-state index contributed by atoms with van der Waals surface area (Å²) in [6, 6.07) is 2.03. The third-order valence-electron chi connectivity index (χ3n) is 3.71. The highest BCUT2D eigenvalue weighted by atomic mass is 35.5. The molecule has 6 heteroatoms. The number of piperazine rings is 1. The van der Waals surface area contributed by atoms with Crippen LogP contribution in [0.4, 0.5) is 0 Å². The molecule has 1 aromatic heterocycles. The number of pyridine rings is 1. The van der Waals surface area contributed by atoms with Gasteiger partial charge in [-0.05, 0) is 27.1 Å². The maximum absolute atomic E-state index is 12.1. The molecular weight excluding hydrogens is 276 g/mol. The number of carbonyl (C=O) groups is 1. The molecule has 0 spiro atoms. The minimum Gasteiger partial charge on any atom is -0.350 e. The lowest BCUT2D eigenvalue weighted by Crippen LogP contribution is -2.54. The molecule has 5 nitrogen and oxygen atoms in total. The Balaban J connectivity index is 1.94. The second-order valence-electron chi connectivity index (χ2n) is 5.41. The SMILES string of the molecule is Cc1cc(Cl)c(C(=O)NCC2CN(C)CCN2C)cn1. The van der Waals surface area contributed by atoms with E-state index in [0.29, 0.717) is 23.2 Å². The quantitative estimate of drug-likeness (QED) is 0.905. The molecule has 1 N–H and O–H groups in total. The highest BCUT2D eigenvalue weighted by molar-refractivity contribution is 6.33. The highest BCUT2D eigenvalue weighted by Crippen LogP contribution is 2.15. The van der Waals surface area contributed by atoms with Crippen LogP contribution in [-0.2, 0) is 0 Å². The molecule has 0 aromatic carbocycles. The van der Waals surface area contributed by atoms with E-state index in [1.54, 1.807) is 6.07 Å². The van der Waals surface area contributed by atoms with Crippen molar-refractivity contribution in [2.75, 3.05) is 40.3 Å². The first-order chi connectivity index (χ1) is 9.47. The molecule has 0 bridgehead atoms. The van der Waals surface area contributed by atoms with Gasteiger partial charge >= 0.3 is 0 Å². The topological polar surface area (TPSA) is 48.5 Å². The molecule has 1 fully saturated rings. The van der Waals surface area contributed by atoms with E-state index in [2.05, 4.69) is 34.2 Å². The summed E-state index contributed by atoms with van der Waals surface area (Å²) < 4.78 is 0. The van der Waals surface area contributed by atoms with Crippen LogP contribution in [0.2, 0.25) is 5.02 Å². The Labute approximate surface area is 124 Å². The largest absolute Gasteiger partial charge is 0.350 e. The number of rotatable bonds is 3. The standard InChI is InChI=1S/C14H21ClN4O/c1-10-6-13(15)12(8-16-10)14(20)17-7-11-9-18(2)4-5-19(11)3/h6,8,11H,4-5,7,9H2,1-3H3,(H,17,20). The minimum absolute atomic E-state index is 0.163. The fourth-order valence-corrected chi connectivity index (χ4v) is 2.61. The summed E-state index contributed by atoms with van der Waals surface area (Å²) >= 11 is 6.08. The lowest BCUT2D eigenvalue weighted by Gasteiger charge is -2.37. The minimum atomic E-state index is -0.163. The second-order valence-corrected chi connectivity index (χ2v) is 5.82. The number of amides is 1. The average Bonchev–Trinajstić information content (AvgIpc) is 2.39. The van der Waals surface area contributed by atoms with Crippen LogP contribution in [0.5, 0.6) is 0 Å². The number of hydrogen-bond acceptors (Lipinski definition) is 4. The van der Waals surface area contributed by atoms with Crippen molar-refractivity contribution < 1.29 is 4.79 Å². The Morgan fingerprint density at radius 1 is 1.50 bits per heavy atom. The number of nitrogens with zero attached hydrogens (tertiary/aromatic N) is 3. The number of carbonyl (C=O) groups excluding carboxylic acids is 1. The maximum atomic E-state index is 12.1. The third kappa shape index (κ3) is 3.69. The first kappa shape index (κ1) is 15.2. The number of hydrogen-bond donors (Lipinski definition) is 1. The molecule has 0 radical (unpaired) electrons. The van der Waals surface area contributed by atoms with Crippen LogP contribution in [-0.4, -0.2) is 67.0 Å². The van der Waals surface area contributed by atoms with Gasteiger partial charge in [-0.1, -0.05) is 11.6 Å². The normalized spacial score (nSPS) is 20.9. The van der Waals surface area contributed by atoms with Crippen LogP contribution in [0, 0.1) is 6.92 Å². The summed E-state index contributed by atoms with van der Waals surface area (Å²) in [6.07, 6.45) is 1.53. The van der Waals surface area contributed by atoms with Gasteiger partial charge in [-0.3, -0.25) is 14.7 Å². The Bertz CT molecular complexity index is 494. The Morgan fingerprint density at radius 2 is 2.25 bits per heavy atom. The number of aryl methyl sites for hydroxylation is 1. The second kappa shape index (κ2) is 6.52. The zero-order chi connectivity index (χ0) is 14.7. The molecule has 1 unspecified atom stereocenters. The molecule has 2 heterocycles. The number of aromatic nitrogens is 1. The van der Waals surface area contributed by atoms with Gasteiger partial charge in [0.15, 0.2) is 0 Å². The molecule has 1 aromatic rings. The molecule has 1 saturated heterocycles. The summed E-state index contributed by atoms with van der Waals surface area (Å²) in [7, 11) is 4.19. The van der Waals surface area contributed by atoms with Crippen LogP contribution in [0.1, 0.15) is 16.1 Å². The average molecular weight is 297 g/mol. The summed E-state index contributed by atoms with van der Waals surface area (Å²) in [6.45, 7) is 5.50. The van der Waals surface area contributed by atoms with Crippen molar-refractivity contribution in [3.05, 3.63) is 28.5 Å². The molecular formula is C14H21ClN4O. The summed E-state index contributed by atoms with van der Waals surface area (Å²) in [5.41, 5.74) is 1.24. The smallest absolute Gasteiger partial charge is 0.254 e. The van der Waals surface area contributed by atoms with E-state index in [9.17, 15) is 4.79 Å². The molecule has 2 rings (SSSR count). The molecule has 1 aliphatic rings. The summed E-state index contributed by atoms with van der Waals surface area (Å²) in [5.74, 6) is -0.163. The van der Waals surface area contributed by atoms with Crippen molar-refractivity contribution in [1.29, 1.82) is 0 Å². The maximum Gasteiger partial charge on any atom is 0.254 e. The first-order valence-electron chi connectivity index (χ1n) is 6.76. The van der Waals surface area contributed by atoms with Crippen molar-refractivity contribution in [2.45, 2.75) is 13.0 Å². The Kier molecular flexibility index (Phi) is 4.96. The van der Waals surface area contributed by atoms with Crippen LogP contribution < -0.4 is 5.32 Å². The third-order valence-corrected chi connectivity index (χ3v) is 4.03. The van der Waals surface area contributed by atoms with Crippen molar-refractivity contribution in [1.82, 2.24) is 20.1 Å². The molecule has 1 aliphatic heterocycles. The van der Waals surface area contributed by atoms with E-state index in [0.717, 1.165) is 25.3 Å². The van der Waals surface area contributed by atoms with Crippen LogP contribution in [0.25, 0.3) is 0 Å². The van der Waals surface area contributed by atoms with Crippen LogP contribution in [0.15, 0.2) is 12.3 Å². The molecule has 0 aliphatic carbocycles. The van der Waals surface area contributed by atoms with E-state index in [1.807, 2.05) is 6.92 Å². The number of likely N-dealkylation sites (N-methyl/N-ethyl adjacent to an activating group) is 2. The van der Waals surface area contributed by atoms with E-state index in [4.69, 9.17) is 11.6 Å². The van der Waals surface area contributed by atoms with Crippen molar-refractivity contribution in [3.63, 3.8) is 0 Å². The summed E-state index contributed by atoms with van der Waals surface area (Å²) in [4.78, 5) is 20.8. The predicted octanol–water partition coefficient (Wildman–Crippen LogP) is 1.02. The van der Waals surface area contributed by atoms with E-state index in [1.165, 1.54) is 6.20 Å². The lowest BCUT2D eigenvalue weighted by atomic mass is 10.1. The Hall–Kier alpha value is -1.17. The summed E-state index contributed by atoms with van der Waals surface area (Å²) in [5, 5.41) is 3.40. The zero-order valence-corrected chi connectivity index (χ0v) is 12.9. The predicted molar refractivity (Wildman–Crippen MR) is 80.2 cm³/mol. The molecule has 1 atom stereocenters. The molecule has 1 amide bonds. The van der Waals surface area contributed by atoms with Gasteiger partial charge in [-0.25, -0.2) is 0 Å². The number of nitrogens with one attached hydrogen (secondary N) is 1. The number of halogens is 1. The van der Waals surface area contributed by atoms with Gasteiger partial charge in [0.25, 0.3) is 5.91 Å². The van der Waals surface area contributed by atoms with Gasteiger partial charge in [-0.2, -0.15) is 0 Å². The monoisotopic (exact) mass is 296 g/mol. The van der Waals surface area contributed by atoms with Gasteiger partial charge in [0.05, 0.1) is 10.6 Å². The van der Waals surface area contributed by atoms with Gasteiger partial charge in [-0.15, -0.1) is 0 Å². The lowest BCUT2D eigenvalue weighted by molar-refractivity contribution is 0.0881. The van der Waals surface area contributed by atoms with Crippen molar-refractivity contribution >= 4 is 17.5 Å². The van der Waals surface area contributed by atoms with E-state index in [-0.39, 0.29) is 5.91 Å². The molecule has 110 valence electrons. The van der Waals surface area contributed by atoms with Gasteiger partial charge in [0, 0.05) is 44.1 Å². The fraction of sp³-hybridized carbons (Fsp3) is 0.571. The first-order valence-corrected chi connectivity index (χ1v) is 7.14. The van der Waals surface area contributed by atoms with Crippen molar-refractivity contribution in [2.24, 2.45) is 0 Å². The Morgan fingerprint density at radius 3 is 2.95 bits per heavy atom. The van der Waals surface area contributed by atoms with Crippen LogP contribution in [0.3, 0.4) is 0 Å². The van der Waals surface area contributed by atoms with E-state index >= 15 is 0 Å².